The number of nitrogens with one attached hydrogen (secondary N) is 3. The summed E-state index contributed by atoms with van der Waals surface area (Å²) in [6.45, 7) is 0.805. The summed E-state index contributed by atoms with van der Waals surface area (Å²) in [5.41, 5.74) is 1.95. The number of para-hydroxylation sites is 2. The Morgan fingerprint density at radius 3 is 2.65 bits per heavy atom. The number of hydrogen-bond acceptors (Lipinski definition) is 6. The minimum Gasteiger partial charge on any atom is -0.486 e. The molecule has 0 aliphatic carbocycles. The van der Waals surface area contributed by atoms with E-state index >= 15 is 0 Å². The van der Waals surface area contributed by atoms with Crippen molar-refractivity contribution in [2.45, 2.75) is 18.0 Å². The third kappa shape index (κ3) is 3.04. The fraction of sp³-hybridized carbons (Fsp3) is 0.233. The van der Waals surface area contributed by atoms with Crippen molar-refractivity contribution in [2.75, 3.05) is 23.4 Å². The molecule has 0 saturated carbocycles. The van der Waals surface area contributed by atoms with E-state index in [4.69, 9.17) is 21.1 Å². The van der Waals surface area contributed by atoms with Crippen molar-refractivity contribution >= 4 is 51.6 Å². The summed E-state index contributed by atoms with van der Waals surface area (Å²) in [5, 5.41) is 7.79. The topological polar surface area (TPSA) is 113 Å². The van der Waals surface area contributed by atoms with E-state index in [2.05, 4.69) is 15.6 Å². The van der Waals surface area contributed by atoms with Crippen molar-refractivity contribution in [1.82, 2.24) is 10.3 Å². The molecule has 200 valence electrons. The molecule has 4 aliphatic heterocycles. The second kappa shape index (κ2) is 8.33. The van der Waals surface area contributed by atoms with Crippen LogP contribution in [0.1, 0.15) is 11.1 Å². The minimum atomic E-state index is -1.45. The van der Waals surface area contributed by atoms with Gasteiger partial charge in [0.1, 0.15) is 18.8 Å². The highest BCUT2D eigenvalue weighted by atomic mass is 35.5. The Hall–Kier alpha value is -4.34. The lowest BCUT2D eigenvalue weighted by atomic mass is 9.76. The maximum Gasteiger partial charge on any atom is 0.250 e. The summed E-state index contributed by atoms with van der Waals surface area (Å²) in [6, 6.07) is 17.7. The van der Waals surface area contributed by atoms with E-state index in [1.165, 1.54) is 4.90 Å². The number of fused-ring (bicyclic) bond motifs is 6. The molecule has 4 aliphatic rings. The van der Waals surface area contributed by atoms with Crippen molar-refractivity contribution in [3.63, 3.8) is 0 Å². The number of carbonyl (C=O) groups excluding carboxylic acids is 3. The van der Waals surface area contributed by atoms with Crippen LogP contribution >= 0.6 is 11.6 Å². The van der Waals surface area contributed by atoms with Crippen molar-refractivity contribution in [1.29, 1.82) is 0 Å². The Bertz CT molecular complexity index is 1770. The molecular weight excluding hydrogens is 532 g/mol. The van der Waals surface area contributed by atoms with E-state index in [-0.39, 0.29) is 5.91 Å². The van der Waals surface area contributed by atoms with Gasteiger partial charge in [-0.3, -0.25) is 19.7 Å². The van der Waals surface area contributed by atoms with Gasteiger partial charge in [-0.15, -0.1) is 0 Å². The largest absolute Gasteiger partial charge is 0.486 e. The fourth-order valence-corrected chi connectivity index (χ4v) is 7.15. The third-order valence-corrected chi connectivity index (χ3v) is 8.91. The monoisotopic (exact) mass is 554 g/mol. The predicted molar refractivity (Wildman–Crippen MR) is 148 cm³/mol. The predicted octanol–water partition coefficient (Wildman–Crippen LogP) is 3.76. The van der Waals surface area contributed by atoms with Crippen LogP contribution in [0.5, 0.6) is 11.5 Å². The first-order valence-electron chi connectivity index (χ1n) is 13.2. The molecule has 1 aromatic heterocycles. The van der Waals surface area contributed by atoms with E-state index in [1.807, 2.05) is 30.5 Å². The van der Waals surface area contributed by atoms with Crippen molar-refractivity contribution < 1.29 is 23.9 Å². The Balaban J connectivity index is 1.27. The van der Waals surface area contributed by atoms with Gasteiger partial charge in [0.25, 0.3) is 0 Å². The molecule has 8 rings (SSSR count). The van der Waals surface area contributed by atoms with Gasteiger partial charge in [0, 0.05) is 34.8 Å². The quantitative estimate of drug-likeness (QED) is 0.332. The number of amides is 3. The maximum atomic E-state index is 14.3. The van der Waals surface area contributed by atoms with Crippen LogP contribution in [0.15, 0.2) is 66.9 Å². The number of nitrogens with zero attached hydrogens (tertiary/aromatic N) is 1. The van der Waals surface area contributed by atoms with Gasteiger partial charge in [0.2, 0.25) is 17.7 Å². The summed E-state index contributed by atoms with van der Waals surface area (Å²) in [6.07, 6.45) is 2.36. The summed E-state index contributed by atoms with van der Waals surface area (Å²) in [7, 11) is 0. The maximum absolute atomic E-state index is 14.3. The van der Waals surface area contributed by atoms with Crippen LogP contribution in [0.25, 0.3) is 10.9 Å². The van der Waals surface area contributed by atoms with Gasteiger partial charge in [-0.2, -0.15) is 0 Å². The molecule has 3 amide bonds. The van der Waals surface area contributed by atoms with Crippen LogP contribution in [0.2, 0.25) is 5.02 Å². The minimum absolute atomic E-state index is 0.357. The van der Waals surface area contributed by atoms with Crippen molar-refractivity contribution in [3.05, 3.63) is 83.0 Å². The first-order chi connectivity index (χ1) is 19.5. The molecule has 40 heavy (non-hydrogen) atoms. The first kappa shape index (κ1) is 23.5. The lowest BCUT2D eigenvalue weighted by molar-refractivity contribution is -0.130. The molecule has 4 atom stereocenters. The number of carbonyl (C=O) groups is 3. The number of imide groups is 1. The summed E-state index contributed by atoms with van der Waals surface area (Å²) in [4.78, 5) is 46.9. The molecule has 2 saturated heterocycles. The van der Waals surface area contributed by atoms with E-state index in [1.54, 1.807) is 36.4 Å². The summed E-state index contributed by atoms with van der Waals surface area (Å²) in [5.74, 6) is -1.91. The Morgan fingerprint density at radius 2 is 1.77 bits per heavy atom. The van der Waals surface area contributed by atoms with E-state index in [0.29, 0.717) is 53.1 Å². The molecule has 1 spiro atoms. The molecule has 0 radical (unpaired) electrons. The highest BCUT2D eigenvalue weighted by molar-refractivity contribution is 6.35. The lowest BCUT2D eigenvalue weighted by Crippen LogP contribution is -2.53. The van der Waals surface area contributed by atoms with Gasteiger partial charge in [-0.05, 0) is 36.2 Å². The molecule has 2 fully saturated rings. The average molecular weight is 555 g/mol. The highest BCUT2D eigenvalue weighted by Crippen LogP contribution is 2.55. The van der Waals surface area contributed by atoms with Crippen molar-refractivity contribution in [2.24, 2.45) is 11.8 Å². The average Bonchev–Trinajstić information content (AvgIpc) is 3.68. The zero-order valence-corrected chi connectivity index (χ0v) is 21.8. The van der Waals surface area contributed by atoms with Gasteiger partial charge >= 0.3 is 0 Å². The van der Waals surface area contributed by atoms with Crippen LogP contribution in [0.4, 0.5) is 11.4 Å². The second-order valence-corrected chi connectivity index (χ2v) is 11.0. The Kier molecular flexibility index (Phi) is 4.90. The normalized spacial score (nSPS) is 26.5. The molecule has 3 N–H and O–H groups in total. The molecule has 9 nitrogen and oxygen atoms in total. The van der Waals surface area contributed by atoms with Crippen LogP contribution in [-0.4, -0.2) is 42.0 Å². The third-order valence-electron chi connectivity index (χ3n) is 8.60. The molecule has 0 unspecified atom stereocenters. The smallest absolute Gasteiger partial charge is 0.250 e. The van der Waals surface area contributed by atoms with Gasteiger partial charge < -0.3 is 19.8 Å². The number of rotatable bonds is 3. The Labute approximate surface area is 233 Å². The molecule has 3 aromatic carbocycles. The van der Waals surface area contributed by atoms with Gasteiger partial charge in [-0.25, -0.2) is 4.90 Å². The number of aromatic nitrogens is 1. The number of anilines is 2. The first-order valence-corrected chi connectivity index (χ1v) is 13.6. The van der Waals surface area contributed by atoms with Gasteiger partial charge in [0.05, 0.1) is 28.2 Å². The molecule has 5 heterocycles. The van der Waals surface area contributed by atoms with Crippen LogP contribution < -0.4 is 25.0 Å². The standard InChI is InChI=1S/C30H23ClN4O5/c31-19-6-3-5-18-26(19)33-29(38)30(18)25-24(21(34-30)12-15-14-32-20-7-2-1-4-17(15)20)27(36)35(28(25)37)16-8-9-22-23(13-16)40-11-10-39-22/h1-9,13-14,21,24-25,32,34H,10-12H2,(H,33,38)/t21-,24-,25-,30-/m0/s1. The lowest BCUT2D eigenvalue weighted by Gasteiger charge is -2.30. The molecule has 4 aromatic rings. The van der Waals surface area contributed by atoms with E-state index in [0.717, 1.165) is 16.5 Å². The van der Waals surface area contributed by atoms with Crippen LogP contribution in [0.3, 0.4) is 0 Å². The molecule has 0 bridgehead atoms. The van der Waals surface area contributed by atoms with Crippen molar-refractivity contribution in [3.8, 4) is 11.5 Å². The number of benzene rings is 3. The second-order valence-electron chi connectivity index (χ2n) is 10.6. The summed E-state index contributed by atoms with van der Waals surface area (Å²) < 4.78 is 11.4. The number of ether oxygens (including phenoxy) is 2. The van der Waals surface area contributed by atoms with E-state index < -0.39 is 35.2 Å². The number of halogens is 1. The highest BCUT2D eigenvalue weighted by Gasteiger charge is 2.70. The van der Waals surface area contributed by atoms with Crippen LogP contribution in [-0.2, 0) is 26.3 Å². The van der Waals surface area contributed by atoms with Gasteiger partial charge in [0.15, 0.2) is 11.5 Å². The van der Waals surface area contributed by atoms with Crippen LogP contribution in [0, 0.1) is 11.8 Å². The number of aromatic amines is 1. The Morgan fingerprint density at radius 1 is 0.950 bits per heavy atom. The van der Waals surface area contributed by atoms with E-state index in [9.17, 15) is 14.4 Å². The molecule has 10 heteroatoms. The zero-order valence-electron chi connectivity index (χ0n) is 21.1. The molecular formula is C30H23ClN4O5. The summed E-state index contributed by atoms with van der Waals surface area (Å²) >= 11 is 6.48. The SMILES string of the molecule is O=C1[C@H]2[C@H](Cc3c[nH]c4ccccc34)N[C@]3(C(=O)Nc4c(Cl)cccc43)[C@@H]2C(=O)N1c1ccc2c(c1)OCCO2. The number of H-pyrrole nitrogens is 1. The van der Waals surface area contributed by atoms with Gasteiger partial charge in [-0.1, -0.05) is 41.9 Å². The number of hydrogen-bond donors (Lipinski definition) is 3. The fourth-order valence-electron chi connectivity index (χ4n) is 6.93. The zero-order chi connectivity index (χ0) is 27.2.